The molecule has 0 heterocycles. The Morgan fingerprint density at radius 3 is 2.53 bits per heavy atom. The van der Waals surface area contributed by atoms with E-state index in [9.17, 15) is 5.41 Å². The zero-order chi connectivity index (χ0) is 12.8. The molecule has 0 aromatic heterocycles. The van der Waals surface area contributed by atoms with E-state index in [1.165, 1.54) is 0 Å². The number of nitrogens with zero attached hydrogens (tertiary/aromatic N) is 2. The molecule has 19 heavy (non-hydrogen) atoms. The van der Waals surface area contributed by atoms with Crippen LogP contribution in [0.2, 0.25) is 0 Å². The Morgan fingerprint density at radius 1 is 1.21 bits per heavy atom. The van der Waals surface area contributed by atoms with Gasteiger partial charge in [0.25, 0.3) is 0 Å². The normalized spacial score (nSPS) is 14.4. The Hall–Kier alpha value is -0.986. The van der Waals surface area contributed by atoms with Crippen LogP contribution in [0.15, 0.2) is 65.9 Å². The van der Waals surface area contributed by atoms with Crippen LogP contribution in [0.5, 0.6) is 0 Å². The molecule has 1 aliphatic rings. The van der Waals surface area contributed by atoms with Gasteiger partial charge in [-0.2, -0.15) is 5.71 Å². The second-order valence-corrected chi connectivity index (χ2v) is 4.14. The van der Waals surface area contributed by atoms with Crippen molar-refractivity contribution < 1.29 is 32.7 Å². The van der Waals surface area contributed by atoms with Gasteiger partial charge in [0.15, 0.2) is 0 Å². The van der Waals surface area contributed by atoms with Crippen LogP contribution in [0.3, 0.4) is 0 Å². The molecule has 1 aliphatic carbocycles. The standard InChI is InChI=1S/C16H16N2.Y/c1-18-16(14-10-6-3-7-11-14)12-15(17)13-8-4-2-5-9-13;/h2,4-6,8-12H,3,7H2,1H3;/q-2;/b16-12-;. The first kappa shape index (κ1) is 16.1. The molecule has 95 valence electrons. The average molecular weight is 325 g/mol. The Kier molecular flexibility index (Phi) is 6.97. The summed E-state index contributed by atoms with van der Waals surface area (Å²) in [6.45, 7) is 0. The molecule has 0 bridgehead atoms. The maximum Gasteiger partial charge on any atom is 0 e. The van der Waals surface area contributed by atoms with Gasteiger partial charge in [-0.3, -0.25) is 0 Å². The minimum atomic E-state index is 0. The molecule has 1 aromatic rings. The van der Waals surface area contributed by atoms with Crippen molar-refractivity contribution in [2.24, 2.45) is 0 Å². The number of benzene rings is 1. The number of allylic oxidation sites excluding steroid dienone is 4. The second kappa shape index (κ2) is 8.24. The zero-order valence-corrected chi connectivity index (χ0v) is 13.9. The summed E-state index contributed by atoms with van der Waals surface area (Å²) in [5, 5.41) is 14.3. The van der Waals surface area contributed by atoms with Crippen LogP contribution in [0.1, 0.15) is 18.4 Å². The molecule has 0 aliphatic heterocycles. The molecule has 0 saturated carbocycles. The van der Waals surface area contributed by atoms with E-state index in [1.54, 1.807) is 13.1 Å². The first-order valence-corrected chi connectivity index (χ1v) is 6.11. The van der Waals surface area contributed by atoms with Gasteiger partial charge in [-0.15, -0.1) is 12.7 Å². The van der Waals surface area contributed by atoms with Crippen LogP contribution in [0.25, 0.3) is 10.7 Å². The van der Waals surface area contributed by atoms with Crippen molar-refractivity contribution in [2.45, 2.75) is 12.8 Å². The van der Waals surface area contributed by atoms with Gasteiger partial charge in [0.1, 0.15) is 0 Å². The first-order valence-electron chi connectivity index (χ1n) is 6.11. The summed E-state index contributed by atoms with van der Waals surface area (Å²) < 4.78 is 0. The summed E-state index contributed by atoms with van der Waals surface area (Å²) in [4.78, 5) is 0. The summed E-state index contributed by atoms with van der Waals surface area (Å²) >= 11 is 0. The van der Waals surface area contributed by atoms with E-state index < -0.39 is 0 Å². The Labute approximate surface area is 140 Å². The quantitative estimate of drug-likeness (QED) is 0.744. The van der Waals surface area contributed by atoms with Crippen LogP contribution >= 0.6 is 0 Å². The number of hydrogen-bond acceptors (Lipinski definition) is 0. The molecule has 0 unspecified atom stereocenters. The number of hydrogen-bond donors (Lipinski definition) is 0. The summed E-state index contributed by atoms with van der Waals surface area (Å²) in [5.74, 6) is 0. The summed E-state index contributed by atoms with van der Waals surface area (Å²) in [5.41, 5.74) is 2.94. The molecule has 0 atom stereocenters. The minimum absolute atomic E-state index is 0. The van der Waals surface area contributed by atoms with Crippen molar-refractivity contribution in [1.82, 2.24) is 0 Å². The van der Waals surface area contributed by atoms with Gasteiger partial charge in [0.05, 0.1) is 0 Å². The fraction of sp³-hybridized carbons (Fsp3) is 0.188. The Balaban J connectivity index is 0.00000180. The SMILES string of the molecule is C[N-]/C(=C\C(=[N-])c1ccccc1)C1=CCCC=C1.[Y]. The number of likely N-dealkylation sites (N-methyl/N-ethyl adjacent to an activating group) is 1. The van der Waals surface area contributed by atoms with Crippen LogP contribution < -0.4 is 0 Å². The smallest absolute Gasteiger partial charge is 0 e. The van der Waals surface area contributed by atoms with E-state index in [4.69, 9.17) is 0 Å². The van der Waals surface area contributed by atoms with E-state index in [2.05, 4.69) is 23.5 Å². The van der Waals surface area contributed by atoms with Gasteiger partial charge in [0.2, 0.25) is 0 Å². The molecule has 2 nitrogen and oxygen atoms in total. The molecule has 2 rings (SSSR count). The van der Waals surface area contributed by atoms with E-state index in [-0.39, 0.29) is 38.4 Å². The van der Waals surface area contributed by atoms with Crippen LogP contribution in [-0.4, -0.2) is 12.8 Å². The Bertz CT molecular complexity index is 513. The predicted octanol–water partition coefficient (Wildman–Crippen LogP) is 4.21. The third-order valence-electron chi connectivity index (χ3n) is 2.87. The van der Waals surface area contributed by atoms with Gasteiger partial charge in [-0.25, -0.2) is 0 Å². The molecule has 1 radical (unpaired) electrons. The topological polar surface area (TPSA) is 36.4 Å². The molecule has 3 heteroatoms. The summed E-state index contributed by atoms with van der Waals surface area (Å²) in [6.07, 6.45) is 10.2. The molecule has 0 saturated heterocycles. The van der Waals surface area contributed by atoms with Crippen molar-refractivity contribution in [1.29, 1.82) is 0 Å². The van der Waals surface area contributed by atoms with Gasteiger partial charge in [-0.05, 0) is 24.0 Å². The van der Waals surface area contributed by atoms with Gasteiger partial charge in [0, 0.05) is 32.7 Å². The first-order chi connectivity index (χ1) is 8.81. The average Bonchev–Trinajstić information content (AvgIpc) is 2.46. The predicted molar refractivity (Wildman–Crippen MR) is 77.7 cm³/mol. The van der Waals surface area contributed by atoms with Crippen LogP contribution in [-0.2, 0) is 32.7 Å². The van der Waals surface area contributed by atoms with Crippen LogP contribution in [0.4, 0.5) is 0 Å². The summed E-state index contributed by atoms with van der Waals surface area (Å²) in [7, 11) is 1.74. The van der Waals surface area contributed by atoms with Gasteiger partial charge in [-0.1, -0.05) is 54.6 Å². The van der Waals surface area contributed by atoms with Crippen molar-refractivity contribution in [2.75, 3.05) is 7.05 Å². The maximum absolute atomic E-state index is 10.1. The van der Waals surface area contributed by atoms with Crippen molar-refractivity contribution in [3.63, 3.8) is 0 Å². The van der Waals surface area contributed by atoms with Crippen molar-refractivity contribution in [3.05, 3.63) is 82.2 Å². The number of rotatable bonds is 4. The second-order valence-electron chi connectivity index (χ2n) is 4.14. The molecule has 0 amide bonds. The van der Waals surface area contributed by atoms with Crippen molar-refractivity contribution in [3.8, 4) is 0 Å². The van der Waals surface area contributed by atoms with Crippen LogP contribution in [0, 0.1) is 0 Å². The third kappa shape index (κ3) is 4.56. The van der Waals surface area contributed by atoms with Crippen molar-refractivity contribution >= 4 is 5.71 Å². The molecular weight excluding hydrogens is 309 g/mol. The monoisotopic (exact) mass is 325 g/mol. The Morgan fingerprint density at radius 2 is 1.95 bits per heavy atom. The zero-order valence-electron chi connectivity index (χ0n) is 11.1. The fourth-order valence-corrected chi connectivity index (χ4v) is 1.90. The molecule has 1 aromatic carbocycles. The van der Waals surface area contributed by atoms with Gasteiger partial charge >= 0.3 is 0 Å². The maximum atomic E-state index is 10.1. The van der Waals surface area contributed by atoms with E-state index in [0.717, 1.165) is 29.7 Å². The van der Waals surface area contributed by atoms with E-state index >= 15 is 0 Å². The largest absolute Gasteiger partial charge is 0.803 e. The van der Waals surface area contributed by atoms with E-state index in [1.807, 2.05) is 30.3 Å². The molecule has 0 spiro atoms. The molecular formula is C16H16N2Y-2. The summed E-state index contributed by atoms with van der Waals surface area (Å²) in [6, 6.07) is 9.50. The molecule has 0 fully saturated rings. The minimum Gasteiger partial charge on any atom is -0.803 e. The molecule has 0 N–H and O–H groups in total. The third-order valence-corrected chi connectivity index (χ3v) is 2.87. The van der Waals surface area contributed by atoms with E-state index in [0.29, 0.717) is 0 Å². The fourth-order valence-electron chi connectivity index (χ4n) is 1.90. The van der Waals surface area contributed by atoms with Gasteiger partial charge < -0.3 is 10.7 Å².